The highest BCUT2D eigenvalue weighted by molar-refractivity contribution is 6.02. The second-order valence-corrected chi connectivity index (χ2v) is 9.54. The van der Waals surface area contributed by atoms with Crippen LogP contribution in [0.5, 0.6) is 0 Å². The largest absolute Gasteiger partial charge is 0.509 e. The zero-order valence-electron chi connectivity index (χ0n) is 17.6. The Morgan fingerprint density at radius 2 is 1.97 bits per heavy atom. The van der Waals surface area contributed by atoms with E-state index in [9.17, 15) is 24.3 Å². The van der Waals surface area contributed by atoms with Crippen molar-refractivity contribution in [3.05, 3.63) is 23.8 Å². The van der Waals surface area contributed by atoms with Crippen LogP contribution in [0, 0.1) is 28.6 Å². The zero-order chi connectivity index (χ0) is 21.9. The molecule has 6 atom stereocenters. The lowest BCUT2D eigenvalue weighted by Gasteiger charge is -2.57. The van der Waals surface area contributed by atoms with Crippen LogP contribution in [-0.4, -0.2) is 47.9 Å². The fraction of sp³-hybridized carbons (Fsp3) is 0.652. The first-order valence-electron chi connectivity index (χ1n) is 10.5. The van der Waals surface area contributed by atoms with Gasteiger partial charge in [-0.3, -0.25) is 14.4 Å². The summed E-state index contributed by atoms with van der Waals surface area (Å²) in [6.07, 6.45) is 6.49. The van der Waals surface area contributed by atoms with E-state index in [1.165, 1.54) is 7.11 Å². The summed E-state index contributed by atoms with van der Waals surface area (Å²) in [5.41, 5.74) is -2.00. The molecule has 162 valence electrons. The minimum Gasteiger partial charge on any atom is -0.438 e. The summed E-state index contributed by atoms with van der Waals surface area (Å²) in [6.45, 7) is 3.09. The van der Waals surface area contributed by atoms with Gasteiger partial charge in [-0.15, -0.1) is 0 Å². The molecule has 0 radical (unpaired) electrons. The van der Waals surface area contributed by atoms with Crippen LogP contribution in [-0.2, 0) is 23.9 Å². The lowest BCUT2D eigenvalue weighted by molar-refractivity contribution is -0.172. The number of methoxy groups -OCH3 is 1. The average Bonchev–Trinajstić information content (AvgIpc) is 3.00. The molecule has 30 heavy (non-hydrogen) atoms. The first-order valence-corrected chi connectivity index (χ1v) is 10.5. The van der Waals surface area contributed by atoms with E-state index in [2.05, 4.69) is 4.74 Å². The summed E-state index contributed by atoms with van der Waals surface area (Å²) < 4.78 is 10.2. The number of Topliss-reactive ketones (excluding diaryl/α,β-unsaturated/α-hetero) is 2. The van der Waals surface area contributed by atoms with Crippen LogP contribution < -0.4 is 0 Å². The highest BCUT2D eigenvalue weighted by Gasteiger charge is 2.70. The van der Waals surface area contributed by atoms with E-state index in [0.717, 1.165) is 12.0 Å². The second kappa shape index (κ2) is 6.87. The number of aliphatic hydroxyl groups excluding tert-OH is 1. The van der Waals surface area contributed by atoms with Crippen molar-refractivity contribution in [2.45, 2.75) is 51.6 Å². The third-order valence-electron chi connectivity index (χ3n) is 8.40. The maximum atomic E-state index is 13.6. The van der Waals surface area contributed by atoms with E-state index < -0.39 is 35.0 Å². The molecule has 4 aliphatic rings. The molecule has 0 unspecified atom stereocenters. The van der Waals surface area contributed by atoms with E-state index in [1.54, 1.807) is 12.2 Å². The summed E-state index contributed by atoms with van der Waals surface area (Å²) >= 11 is 0. The van der Waals surface area contributed by atoms with Gasteiger partial charge in [-0.2, -0.15) is 0 Å². The number of carbonyl (C=O) groups excluding carboxylic acids is 4. The first-order chi connectivity index (χ1) is 14.1. The maximum Gasteiger partial charge on any atom is 0.509 e. The first kappa shape index (κ1) is 21.0. The van der Waals surface area contributed by atoms with Crippen LogP contribution in [0.2, 0.25) is 0 Å². The van der Waals surface area contributed by atoms with Gasteiger partial charge in [0.2, 0.25) is 5.78 Å². The number of fused-ring (bicyclic) bond motifs is 5. The van der Waals surface area contributed by atoms with Crippen LogP contribution in [0.4, 0.5) is 4.79 Å². The van der Waals surface area contributed by atoms with Gasteiger partial charge in [0.1, 0.15) is 12.4 Å². The van der Waals surface area contributed by atoms with Gasteiger partial charge >= 0.3 is 6.16 Å². The molecule has 0 heterocycles. The molecule has 0 aromatic carbocycles. The molecule has 0 aliphatic heterocycles. The van der Waals surface area contributed by atoms with E-state index >= 15 is 0 Å². The molecule has 0 saturated heterocycles. The second-order valence-electron chi connectivity index (χ2n) is 9.54. The summed E-state index contributed by atoms with van der Waals surface area (Å²) in [5.74, 6) is -0.922. The molecule has 0 bridgehead atoms. The summed E-state index contributed by atoms with van der Waals surface area (Å²) in [4.78, 5) is 50.4. The number of aliphatic hydroxyl groups is 1. The molecule has 0 amide bonds. The van der Waals surface area contributed by atoms with Crippen molar-refractivity contribution >= 4 is 23.5 Å². The fourth-order valence-electron chi connectivity index (χ4n) is 7.01. The van der Waals surface area contributed by atoms with Crippen LogP contribution >= 0.6 is 0 Å². The quantitative estimate of drug-likeness (QED) is 0.705. The molecule has 7 nitrogen and oxygen atoms in total. The molecular weight excluding hydrogens is 388 g/mol. The molecule has 3 fully saturated rings. The van der Waals surface area contributed by atoms with Gasteiger partial charge in [-0.1, -0.05) is 25.5 Å². The van der Waals surface area contributed by atoms with Crippen molar-refractivity contribution in [1.29, 1.82) is 0 Å². The van der Waals surface area contributed by atoms with Gasteiger partial charge in [0, 0.05) is 23.2 Å². The zero-order valence-corrected chi connectivity index (χ0v) is 17.6. The predicted molar refractivity (Wildman–Crippen MR) is 105 cm³/mol. The van der Waals surface area contributed by atoms with Crippen molar-refractivity contribution < 1.29 is 33.8 Å². The van der Waals surface area contributed by atoms with Gasteiger partial charge in [0.05, 0.1) is 7.11 Å². The Morgan fingerprint density at radius 3 is 2.63 bits per heavy atom. The van der Waals surface area contributed by atoms with Gasteiger partial charge < -0.3 is 14.6 Å². The Hall–Kier alpha value is -2.28. The number of ether oxygens (including phenoxy) is 2. The highest BCUT2D eigenvalue weighted by atomic mass is 16.7. The van der Waals surface area contributed by atoms with Crippen LogP contribution in [0.1, 0.15) is 46.0 Å². The van der Waals surface area contributed by atoms with Crippen molar-refractivity contribution in [2.24, 2.45) is 28.6 Å². The van der Waals surface area contributed by atoms with Crippen molar-refractivity contribution in [3.63, 3.8) is 0 Å². The van der Waals surface area contributed by atoms with E-state index in [1.807, 2.05) is 19.9 Å². The predicted octanol–water partition coefficient (Wildman–Crippen LogP) is 2.56. The Bertz CT molecular complexity index is 886. The molecular formula is C23H28O7. The SMILES string of the molecule is COC(=O)O[C@]1(C(=O)CO)CC[C@H]2[C@@H]3CCC4=CC(=O)C=C[C@]4(C)[C@H]3C(=O)C[C@@]21C. The summed E-state index contributed by atoms with van der Waals surface area (Å²) in [5, 5.41) is 9.65. The number of hydrogen-bond acceptors (Lipinski definition) is 7. The van der Waals surface area contributed by atoms with Crippen molar-refractivity contribution in [2.75, 3.05) is 13.7 Å². The average molecular weight is 416 g/mol. The third kappa shape index (κ3) is 2.60. The fourth-order valence-corrected chi connectivity index (χ4v) is 7.01. The number of rotatable bonds is 3. The standard InChI is InChI=1S/C23H28O7/c1-21-8-6-14(25)10-13(21)4-5-15-16-7-9-23(18(27)12-24,30-20(28)29-3)22(16,2)11-17(26)19(15)21/h6,8,10,15-16,19,24H,4-5,7,9,11-12H2,1-3H3/t15-,16-,19+,21-,22-,23-/m0/s1. The highest BCUT2D eigenvalue weighted by Crippen LogP contribution is 2.66. The normalized spacial score (nSPS) is 42.0. The topological polar surface area (TPSA) is 107 Å². The molecule has 4 rings (SSSR count). The van der Waals surface area contributed by atoms with E-state index in [4.69, 9.17) is 4.74 Å². The van der Waals surface area contributed by atoms with Crippen molar-refractivity contribution in [1.82, 2.24) is 0 Å². The number of carbonyl (C=O) groups is 4. The summed E-state index contributed by atoms with van der Waals surface area (Å²) in [7, 11) is 1.17. The van der Waals surface area contributed by atoms with Crippen molar-refractivity contribution in [3.8, 4) is 0 Å². The Balaban J connectivity index is 1.77. The van der Waals surface area contributed by atoms with Gasteiger partial charge in [0.25, 0.3) is 0 Å². The van der Waals surface area contributed by atoms with Crippen LogP contribution in [0.3, 0.4) is 0 Å². The lowest BCUT2D eigenvalue weighted by atomic mass is 9.46. The number of ketones is 3. The molecule has 3 saturated carbocycles. The molecule has 0 aromatic heterocycles. The van der Waals surface area contributed by atoms with E-state index in [0.29, 0.717) is 12.8 Å². The van der Waals surface area contributed by atoms with E-state index in [-0.39, 0.29) is 42.2 Å². The molecule has 0 aromatic rings. The van der Waals surface area contributed by atoms with Gasteiger partial charge in [-0.05, 0) is 49.7 Å². The molecule has 1 N–H and O–H groups in total. The minimum absolute atomic E-state index is 0.00543. The van der Waals surface area contributed by atoms with Gasteiger partial charge in [-0.25, -0.2) is 4.79 Å². The monoisotopic (exact) mass is 416 g/mol. The summed E-state index contributed by atoms with van der Waals surface area (Å²) in [6, 6.07) is 0. The number of allylic oxidation sites excluding steroid dienone is 4. The number of hydrogen-bond donors (Lipinski definition) is 1. The van der Waals surface area contributed by atoms with Crippen LogP contribution in [0.25, 0.3) is 0 Å². The Kier molecular flexibility index (Phi) is 4.80. The minimum atomic E-state index is -1.57. The molecule has 7 heteroatoms. The molecule has 0 spiro atoms. The van der Waals surface area contributed by atoms with Crippen LogP contribution in [0.15, 0.2) is 23.8 Å². The van der Waals surface area contributed by atoms with Gasteiger partial charge in [0.15, 0.2) is 11.4 Å². The Morgan fingerprint density at radius 1 is 1.23 bits per heavy atom. The Labute approximate surface area is 175 Å². The maximum absolute atomic E-state index is 13.6. The molecule has 4 aliphatic carbocycles. The smallest absolute Gasteiger partial charge is 0.438 e. The lowest BCUT2D eigenvalue weighted by Crippen LogP contribution is -2.62. The third-order valence-corrected chi connectivity index (χ3v) is 8.40.